The molecule has 168 valence electrons. The monoisotopic (exact) mass is 449 g/mol. The topological polar surface area (TPSA) is 102 Å². The summed E-state index contributed by atoms with van der Waals surface area (Å²) in [6.45, 7) is -1.21. The van der Waals surface area contributed by atoms with E-state index in [1.54, 1.807) is 0 Å². The third-order valence-corrected chi connectivity index (χ3v) is 4.37. The van der Waals surface area contributed by atoms with E-state index < -0.39 is 88.8 Å². The van der Waals surface area contributed by atoms with Gasteiger partial charge >= 0.3 is 17.9 Å². The van der Waals surface area contributed by atoms with Crippen LogP contribution < -0.4 is 5.32 Å². The molecule has 2 N–H and O–H groups in total. The van der Waals surface area contributed by atoms with Crippen molar-refractivity contribution in [1.29, 1.82) is 0 Å². The van der Waals surface area contributed by atoms with E-state index in [-0.39, 0.29) is 6.07 Å². The number of halogens is 5. The molecule has 0 saturated heterocycles. The Hall–Kier alpha value is -3.44. The number of hydrogen-bond donors (Lipinski definition) is 2. The van der Waals surface area contributed by atoms with Crippen LogP contribution >= 0.6 is 0 Å². The number of benzene rings is 1. The number of carboxylic acids is 1. The quantitative estimate of drug-likeness (QED) is 0.488. The van der Waals surface area contributed by atoms with Gasteiger partial charge in [-0.2, -0.15) is 0 Å². The van der Waals surface area contributed by atoms with Crippen molar-refractivity contribution in [3.8, 4) is 0 Å². The van der Waals surface area contributed by atoms with Crippen LogP contribution in [0.25, 0.3) is 0 Å². The van der Waals surface area contributed by atoms with Crippen LogP contribution in [0.15, 0.2) is 34.7 Å². The summed E-state index contributed by atoms with van der Waals surface area (Å²) in [5.74, 6) is -9.07. The molecule has 0 aliphatic carbocycles. The average Bonchev–Trinajstić information content (AvgIpc) is 2.68. The van der Waals surface area contributed by atoms with Gasteiger partial charge in [0.1, 0.15) is 24.9 Å². The van der Waals surface area contributed by atoms with Crippen LogP contribution in [0.2, 0.25) is 0 Å². The summed E-state index contributed by atoms with van der Waals surface area (Å²) in [6, 6.07) is 0.583. The maximum Gasteiger partial charge on any atom is 0.336 e. The Bertz CT molecular complexity index is 988. The Kier molecular flexibility index (Phi) is 7.37. The van der Waals surface area contributed by atoms with Crippen LogP contribution in [0.1, 0.15) is 30.4 Å². The summed E-state index contributed by atoms with van der Waals surface area (Å²) in [4.78, 5) is 35.5. The lowest BCUT2D eigenvalue weighted by molar-refractivity contribution is -0.141. The van der Waals surface area contributed by atoms with Gasteiger partial charge < -0.3 is 19.9 Å². The lowest BCUT2D eigenvalue weighted by Gasteiger charge is -2.31. The summed E-state index contributed by atoms with van der Waals surface area (Å²) >= 11 is 0. The van der Waals surface area contributed by atoms with Crippen molar-refractivity contribution in [3.05, 3.63) is 57.4 Å². The number of allylic oxidation sites excluding steroid dienone is 1. The van der Waals surface area contributed by atoms with Crippen molar-refractivity contribution in [2.45, 2.75) is 19.3 Å². The first-order valence-corrected chi connectivity index (χ1v) is 8.54. The molecule has 31 heavy (non-hydrogen) atoms. The third kappa shape index (κ3) is 4.84. The third-order valence-electron chi connectivity index (χ3n) is 4.37. The van der Waals surface area contributed by atoms with Crippen molar-refractivity contribution in [3.63, 3.8) is 0 Å². The molecule has 0 fully saturated rings. The molecule has 7 nitrogen and oxygen atoms in total. The predicted molar refractivity (Wildman–Crippen MR) is 93.5 cm³/mol. The number of rotatable bonds is 7. The summed E-state index contributed by atoms with van der Waals surface area (Å²) in [6.07, 6.45) is -3.54. The van der Waals surface area contributed by atoms with Gasteiger partial charge in [0.15, 0.2) is 0 Å². The Morgan fingerprint density at radius 2 is 1.81 bits per heavy atom. The normalized spacial score (nSPS) is 16.3. The molecule has 12 heteroatoms. The number of ether oxygens (including phenoxy) is 2. The Morgan fingerprint density at radius 1 is 1.16 bits per heavy atom. The van der Waals surface area contributed by atoms with E-state index in [1.807, 2.05) is 0 Å². The summed E-state index contributed by atoms with van der Waals surface area (Å²) in [7, 11) is 0.862. The minimum Gasteiger partial charge on any atom is -0.478 e. The first-order valence-electron chi connectivity index (χ1n) is 8.54. The van der Waals surface area contributed by atoms with E-state index in [9.17, 15) is 41.4 Å². The molecule has 1 unspecified atom stereocenters. The van der Waals surface area contributed by atoms with Crippen LogP contribution in [0.3, 0.4) is 0 Å². The van der Waals surface area contributed by atoms with Gasteiger partial charge in [0, 0.05) is 13.0 Å². The lowest BCUT2D eigenvalue weighted by atomic mass is 9.78. The number of esters is 2. The molecule has 1 aromatic rings. The van der Waals surface area contributed by atoms with Gasteiger partial charge in [-0.15, -0.1) is 0 Å². The van der Waals surface area contributed by atoms with Crippen LogP contribution in [-0.4, -0.2) is 43.4 Å². The van der Waals surface area contributed by atoms with E-state index >= 15 is 0 Å². The van der Waals surface area contributed by atoms with Crippen molar-refractivity contribution in [2.75, 3.05) is 20.4 Å². The van der Waals surface area contributed by atoms with E-state index in [1.165, 1.54) is 0 Å². The second-order valence-electron chi connectivity index (χ2n) is 6.24. The predicted octanol–water partition coefficient (Wildman–Crippen LogP) is 2.89. The molecular formula is C19H16F5NO6. The number of nitrogens with one attached hydrogen (secondary N) is 1. The summed E-state index contributed by atoms with van der Waals surface area (Å²) in [5.41, 5.74) is -5.00. The molecule has 2 rings (SSSR count). The first kappa shape index (κ1) is 23.8. The fourth-order valence-corrected chi connectivity index (χ4v) is 3.19. The highest BCUT2D eigenvalue weighted by Gasteiger charge is 2.42. The highest BCUT2D eigenvalue weighted by molar-refractivity contribution is 5.99. The maximum atomic E-state index is 14.2. The average molecular weight is 449 g/mol. The first-order chi connectivity index (χ1) is 14.5. The lowest BCUT2D eigenvalue weighted by Crippen LogP contribution is -2.36. The Labute approximate surface area is 172 Å². The number of hydrogen-bond acceptors (Lipinski definition) is 6. The molecule has 1 atom stereocenters. The van der Waals surface area contributed by atoms with Gasteiger partial charge in [-0.05, 0) is 11.6 Å². The zero-order valence-electron chi connectivity index (χ0n) is 16.1. The molecule has 0 amide bonds. The molecule has 0 saturated carbocycles. The molecular weight excluding hydrogens is 433 g/mol. The molecule has 0 radical (unpaired) electrons. The number of carbonyl (C=O) groups is 3. The number of aliphatic carboxylic acids is 1. The zero-order chi connectivity index (χ0) is 23.5. The standard InChI is InChI=1S/C19H16F5NO6/c1-7(26)31-6-12-15(18(27)28)14(16(19(29)30-2)11(5-20)25-12)9-3-8(21)4-10(22)13(9)17(23)24/h3-4,14,17,25H,5-6H2,1-2H3,(H,27,28). The number of methoxy groups -OCH3 is 1. The van der Waals surface area contributed by atoms with E-state index in [4.69, 9.17) is 4.74 Å². The largest absolute Gasteiger partial charge is 0.478 e. The second-order valence-corrected chi connectivity index (χ2v) is 6.24. The molecule has 0 bridgehead atoms. The number of alkyl halides is 3. The molecule has 1 aliphatic heterocycles. The van der Waals surface area contributed by atoms with Crippen LogP contribution in [-0.2, 0) is 23.9 Å². The van der Waals surface area contributed by atoms with Gasteiger partial charge in [0.05, 0.1) is 41.1 Å². The minimum absolute atomic E-state index is 0.160. The molecule has 0 spiro atoms. The van der Waals surface area contributed by atoms with E-state index in [0.29, 0.717) is 6.07 Å². The number of carbonyl (C=O) groups excluding carboxylic acids is 2. The van der Waals surface area contributed by atoms with Crippen LogP contribution in [0.5, 0.6) is 0 Å². The highest BCUT2D eigenvalue weighted by atomic mass is 19.3. The molecule has 1 aliphatic rings. The molecule has 1 aromatic carbocycles. The van der Waals surface area contributed by atoms with Gasteiger partial charge in [-0.25, -0.2) is 31.5 Å². The Balaban J connectivity index is 2.93. The number of carboxylic acid groups (broad SMARTS) is 1. The van der Waals surface area contributed by atoms with Crippen molar-refractivity contribution in [1.82, 2.24) is 5.32 Å². The van der Waals surface area contributed by atoms with E-state index in [2.05, 4.69) is 10.1 Å². The second kappa shape index (κ2) is 9.58. The Morgan fingerprint density at radius 3 is 2.29 bits per heavy atom. The van der Waals surface area contributed by atoms with Crippen LogP contribution in [0, 0.1) is 11.6 Å². The van der Waals surface area contributed by atoms with Crippen molar-refractivity contribution in [2.24, 2.45) is 0 Å². The van der Waals surface area contributed by atoms with Crippen LogP contribution in [0.4, 0.5) is 22.0 Å². The molecule has 1 heterocycles. The fraction of sp³-hybridized carbons (Fsp3) is 0.316. The van der Waals surface area contributed by atoms with Gasteiger partial charge in [-0.3, -0.25) is 4.79 Å². The van der Waals surface area contributed by atoms with Gasteiger partial charge in [-0.1, -0.05) is 0 Å². The summed E-state index contributed by atoms with van der Waals surface area (Å²) < 4.78 is 78.4. The fourth-order valence-electron chi connectivity index (χ4n) is 3.19. The summed E-state index contributed by atoms with van der Waals surface area (Å²) in [5, 5.41) is 12.0. The SMILES string of the molecule is COC(=O)C1=C(CF)NC(COC(C)=O)=C(C(=O)O)C1c1cc(F)cc(F)c1C(F)F. The number of dihydropyridines is 1. The van der Waals surface area contributed by atoms with Gasteiger partial charge in [0.25, 0.3) is 6.43 Å². The zero-order valence-corrected chi connectivity index (χ0v) is 16.1. The smallest absolute Gasteiger partial charge is 0.336 e. The van der Waals surface area contributed by atoms with Crippen molar-refractivity contribution >= 4 is 17.9 Å². The molecule has 0 aromatic heterocycles. The van der Waals surface area contributed by atoms with Gasteiger partial charge in [0.2, 0.25) is 0 Å². The van der Waals surface area contributed by atoms with E-state index in [0.717, 1.165) is 14.0 Å². The minimum atomic E-state index is -3.54. The highest BCUT2D eigenvalue weighted by Crippen LogP contribution is 2.43. The van der Waals surface area contributed by atoms with Crippen molar-refractivity contribution < 1.29 is 50.9 Å². The maximum absolute atomic E-state index is 14.2.